The minimum absolute atomic E-state index is 0.0714. The largest absolute Gasteiger partial charge is 0.419 e. The van der Waals surface area contributed by atoms with E-state index in [1.54, 1.807) is 0 Å². The van der Waals surface area contributed by atoms with Crippen molar-refractivity contribution in [3.05, 3.63) is 35.4 Å². The molecule has 0 amide bonds. The fourth-order valence-corrected chi connectivity index (χ4v) is 2.73. The van der Waals surface area contributed by atoms with Crippen molar-refractivity contribution in [2.24, 2.45) is 0 Å². The van der Waals surface area contributed by atoms with E-state index in [0.29, 0.717) is 0 Å². The van der Waals surface area contributed by atoms with Crippen LogP contribution in [0.3, 0.4) is 0 Å². The molecule has 2 saturated heterocycles. The summed E-state index contributed by atoms with van der Waals surface area (Å²) in [6, 6.07) is 7.78. The second kappa shape index (κ2) is 5.48. The molecule has 2 heterocycles. The maximum absolute atomic E-state index is 12.0. The van der Waals surface area contributed by atoms with Crippen LogP contribution in [0.5, 0.6) is 0 Å². The normalized spacial score (nSPS) is 20.6. The van der Waals surface area contributed by atoms with Crippen molar-refractivity contribution in [1.29, 1.82) is 0 Å². The predicted molar refractivity (Wildman–Crippen MR) is 82.1 cm³/mol. The smallest absolute Gasteiger partial charge is 0.348 e. The molecule has 0 atom stereocenters. The molecule has 0 aliphatic carbocycles. The number of ether oxygens (including phenoxy) is 2. The molecule has 2 aliphatic heterocycles. The average Bonchev–Trinajstić information content (AvgIpc) is 2.96. The van der Waals surface area contributed by atoms with Gasteiger partial charge in [0.15, 0.2) is 0 Å². The molecule has 116 valence electrons. The summed E-state index contributed by atoms with van der Waals surface area (Å²) in [5.74, 6) is -2.50. The third-order valence-electron chi connectivity index (χ3n) is 3.77. The lowest BCUT2D eigenvalue weighted by molar-refractivity contribution is -0.222. The average molecular weight is 301 g/mol. The van der Waals surface area contributed by atoms with Gasteiger partial charge in [-0.05, 0) is 36.6 Å². The molecule has 0 bridgehead atoms. The number of rotatable bonds is 2. The molecule has 22 heavy (non-hydrogen) atoms. The van der Waals surface area contributed by atoms with Gasteiger partial charge in [-0.2, -0.15) is 0 Å². The molecular formula is C17H19NO4. The van der Waals surface area contributed by atoms with Gasteiger partial charge in [0.1, 0.15) is 5.57 Å². The maximum Gasteiger partial charge on any atom is 0.348 e. The summed E-state index contributed by atoms with van der Waals surface area (Å²) in [7, 11) is 0. The molecule has 0 radical (unpaired) electrons. The van der Waals surface area contributed by atoms with E-state index in [4.69, 9.17) is 9.47 Å². The fourth-order valence-electron chi connectivity index (χ4n) is 2.73. The molecule has 2 aliphatic rings. The van der Waals surface area contributed by atoms with Crippen molar-refractivity contribution in [3.8, 4) is 0 Å². The van der Waals surface area contributed by atoms with Crippen molar-refractivity contribution < 1.29 is 19.1 Å². The van der Waals surface area contributed by atoms with Crippen molar-refractivity contribution in [1.82, 2.24) is 0 Å². The van der Waals surface area contributed by atoms with Gasteiger partial charge in [-0.3, -0.25) is 0 Å². The Morgan fingerprint density at radius 2 is 1.73 bits per heavy atom. The number of cyclic esters (lactones) is 2. The van der Waals surface area contributed by atoms with Crippen LogP contribution in [0.4, 0.5) is 5.69 Å². The van der Waals surface area contributed by atoms with Crippen molar-refractivity contribution in [2.45, 2.75) is 32.5 Å². The Morgan fingerprint density at radius 3 is 2.36 bits per heavy atom. The molecule has 0 aromatic heterocycles. The highest BCUT2D eigenvalue weighted by Gasteiger charge is 2.38. The Bertz CT molecular complexity index is 620. The molecule has 2 fully saturated rings. The molecular weight excluding hydrogens is 282 g/mol. The minimum atomic E-state index is -1.21. The van der Waals surface area contributed by atoms with Gasteiger partial charge >= 0.3 is 11.9 Å². The Kier molecular flexibility index (Phi) is 3.64. The number of anilines is 1. The second-order valence-corrected chi connectivity index (χ2v) is 6.03. The zero-order valence-corrected chi connectivity index (χ0v) is 12.8. The van der Waals surface area contributed by atoms with E-state index in [1.807, 2.05) is 24.3 Å². The second-order valence-electron chi connectivity index (χ2n) is 6.03. The van der Waals surface area contributed by atoms with Crippen LogP contribution in [-0.2, 0) is 19.1 Å². The van der Waals surface area contributed by atoms with Crippen LogP contribution in [0.15, 0.2) is 29.8 Å². The molecule has 0 saturated carbocycles. The number of hydrogen-bond acceptors (Lipinski definition) is 5. The van der Waals surface area contributed by atoms with E-state index < -0.39 is 17.7 Å². The van der Waals surface area contributed by atoms with Crippen LogP contribution in [0.1, 0.15) is 32.3 Å². The van der Waals surface area contributed by atoms with Crippen LogP contribution in [-0.4, -0.2) is 30.8 Å². The van der Waals surface area contributed by atoms with Gasteiger partial charge in [-0.25, -0.2) is 9.59 Å². The first-order chi connectivity index (χ1) is 10.4. The third kappa shape index (κ3) is 2.98. The number of benzene rings is 1. The lowest BCUT2D eigenvalue weighted by atomic mass is 10.1. The van der Waals surface area contributed by atoms with E-state index in [-0.39, 0.29) is 5.57 Å². The van der Waals surface area contributed by atoms with Gasteiger partial charge in [0.05, 0.1) is 0 Å². The summed E-state index contributed by atoms with van der Waals surface area (Å²) in [5.41, 5.74) is 1.82. The summed E-state index contributed by atoms with van der Waals surface area (Å²) in [6.45, 7) is 5.15. The zero-order valence-electron chi connectivity index (χ0n) is 12.8. The monoisotopic (exact) mass is 301 g/mol. The van der Waals surface area contributed by atoms with Crippen molar-refractivity contribution >= 4 is 23.7 Å². The van der Waals surface area contributed by atoms with Crippen LogP contribution in [0.25, 0.3) is 6.08 Å². The standard InChI is InChI=1S/C17H19NO4/c1-17(2)21-15(19)14(16(20)22-17)11-12-6-5-7-13(10-12)18-8-3-4-9-18/h5-7,10-11H,3-4,8-9H2,1-2H3. The molecule has 0 unspecified atom stereocenters. The number of nitrogens with zero attached hydrogens (tertiary/aromatic N) is 1. The molecule has 1 aromatic rings. The first-order valence-corrected chi connectivity index (χ1v) is 7.48. The Balaban J connectivity index is 1.87. The highest BCUT2D eigenvalue weighted by molar-refractivity contribution is 6.18. The van der Waals surface area contributed by atoms with Crippen LogP contribution in [0.2, 0.25) is 0 Å². The summed E-state index contributed by atoms with van der Waals surface area (Å²) < 4.78 is 10.2. The summed E-state index contributed by atoms with van der Waals surface area (Å²) in [5, 5.41) is 0. The maximum atomic E-state index is 12.0. The number of esters is 2. The Hall–Kier alpha value is -2.30. The number of carbonyl (C=O) groups is 2. The highest BCUT2D eigenvalue weighted by atomic mass is 16.7. The first-order valence-electron chi connectivity index (χ1n) is 7.48. The topological polar surface area (TPSA) is 55.8 Å². The molecule has 0 N–H and O–H groups in total. The first kappa shape index (κ1) is 14.6. The van der Waals surface area contributed by atoms with E-state index in [1.165, 1.54) is 32.8 Å². The predicted octanol–water partition coefficient (Wildman–Crippen LogP) is 2.51. The molecule has 3 rings (SSSR count). The fraction of sp³-hybridized carbons (Fsp3) is 0.412. The summed E-state index contributed by atoms with van der Waals surface area (Å²) in [6.07, 6.45) is 3.91. The van der Waals surface area contributed by atoms with Gasteiger partial charge < -0.3 is 14.4 Å². The van der Waals surface area contributed by atoms with Gasteiger partial charge in [0, 0.05) is 32.6 Å². The summed E-state index contributed by atoms with van der Waals surface area (Å²) >= 11 is 0. The van der Waals surface area contributed by atoms with Gasteiger partial charge in [0.25, 0.3) is 5.79 Å². The van der Waals surface area contributed by atoms with E-state index >= 15 is 0 Å². The molecule has 1 aromatic carbocycles. The Labute approximate surface area is 129 Å². The van der Waals surface area contributed by atoms with E-state index in [2.05, 4.69) is 4.90 Å². The van der Waals surface area contributed by atoms with Gasteiger partial charge in [-0.1, -0.05) is 12.1 Å². The van der Waals surface area contributed by atoms with E-state index in [0.717, 1.165) is 24.3 Å². The van der Waals surface area contributed by atoms with Crippen molar-refractivity contribution in [3.63, 3.8) is 0 Å². The highest BCUT2D eigenvalue weighted by Crippen LogP contribution is 2.26. The van der Waals surface area contributed by atoms with Crippen LogP contribution >= 0.6 is 0 Å². The SMILES string of the molecule is CC1(C)OC(=O)C(=Cc2cccc(N3CCCC3)c2)C(=O)O1. The van der Waals surface area contributed by atoms with E-state index in [9.17, 15) is 9.59 Å². The molecule has 5 heteroatoms. The van der Waals surface area contributed by atoms with Gasteiger partial charge in [0.2, 0.25) is 0 Å². The number of carbonyl (C=O) groups excluding carboxylic acids is 2. The lowest BCUT2D eigenvalue weighted by Gasteiger charge is -2.29. The van der Waals surface area contributed by atoms with Crippen molar-refractivity contribution in [2.75, 3.05) is 18.0 Å². The van der Waals surface area contributed by atoms with Crippen LogP contribution < -0.4 is 4.90 Å². The van der Waals surface area contributed by atoms with Gasteiger partial charge in [-0.15, -0.1) is 0 Å². The Morgan fingerprint density at radius 1 is 1.09 bits per heavy atom. The third-order valence-corrected chi connectivity index (χ3v) is 3.77. The summed E-state index contributed by atoms with van der Waals surface area (Å²) in [4.78, 5) is 26.2. The quantitative estimate of drug-likeness (QED) is 0.477. The number of hydrogen-bond donors (Lipinski definition) is 0. The zero-order chi connectivity index (χ0) is 15.7. The molecule has 0 spiro atoms. The lowest BCUT2D eigenvalue weighted by Crippen LogP contribution is -2.41. The molecule has 5 nitrogen and oxygen atoms in total. The van der Waals surface area contributed by atoms with Crippen LogP contribution in [0, 0.1) is 0 Å². The minimum Gasteiger partial charge on any atom is -0.419 e.